The van der Waals surface area contributed by atoms with E-state index in [0.29, 0.717) is 6.42 Å². The highest BCUT2D eigenvalue weighted by Gasteiger charge is 2.18. The summed E-state index contributed by atoms with van der Waals surface area (Å²) in [6.45, 7) is 0.855. The second-order valence-electron chi connectivity index (χ2n) is 7.61. The number of carbonyl (C=O) groups excluding carboxylic acids is 1. The van der Waals surface area contributed by atoms with Crippen molar-refractivity contribution in [2.45, 2.75) is 45.1 Å². The SMILES string of the molecule is COc1ccc(CCC(=O)Nc2cc(-c3nnc4n3CCCCC4)ccc2F)cc1Br. The first kappa shape index (κ1) is 21.5. The van der Waals surface area contributed by atoms with Gasteiger partial charge < -0.3 is 14.6 Å². The Kier molecular flexibility index (Phi) is 6.65. The number of nitrogens with zero attached hydrogens (tertiary/aromatic N) is 3. The summed E-state index contributed by atoms with van der Waals surface area (Å²) < 4.78 is 22.6. The van der Waals surface area contributed by atoms with Gasteiger partial charge >= 0.3 is 0 Å². The van der Waals surface area contributed by atoms with Gasteiger partial charge in [-0.3, -0.25) is 4.79 Å². The van der Waals surface area contributed by atoms with E-state index < -0.39 is 5.82 Å². The number of aryl methyl sites for hydroxylation is 2. The fraction of sp³-hybridized carbons (Fsp3) is 0.348. The van der Waals surface area contributed by atoms with E-state index in [1.54, 1.807) is 19.2 Å². The maximum absolute atomic E-state index is 14.4. The summed E-state index contributed by atoms with van der Waals surface area (Å²) in [5, 5.41) is 11.3. The Morgan fingerprint density at radius 1 is 1.19 bits per heavy atom. The maximum atomic E-state index is 14.4. The van der Waals surface area contributed by atoms with Crippen LogP contribution in [0, 0.1) is 5.82 Å². The number of benzene rings is 2. The van der Waals surface area contributed by atoms with E-state index in [0.717, 1.165) is 65.2 Å². The van der Waals surface area contributed by atoms with E-state index in [2.05, 4.69) is 36.0 Å². The van der Waals surface area contributed by atoms with Gasteiger partial charge in [-0.25, -0.2) is 4.39 Å². The van der Waals surface area contributed by atoms with Crippen LogP contribution in [0.3, 0.4) is 0 Å². The topological polar surface area (TPSA) is 69.0 Å². The molecule has 0 saturated heterocycles. The Morgan fingerprint density at radius 3 is 2.87 bits per heavy atom. The quantitative estimate of drug-likeness (QED) is 0.522. The molecule has 0 saturated carbocycles. The van der Waals surface area contributed by atoms with Crippen LogP contribution in [0.15, 0.2) is 40.9 Å². The molecule has 0 bridgehead atoms. The minimum absolute atomic E-state index is 0.157. The van der Waals surface area contributed by atoms with Gasteiger partial charge in [0.15, 0.2) is 5.82 Å². The number of anilines is 1. The molecule has 31 heavy (non-hydrogen) atoms. The van der Waals surface area contributed by atoms with Crippen molar-refractivity contribution < 1.29 is 13.9 Å². The maximum Gasteiger partial charge on any atom is 0.224 e. The number of rotatable bonds is 6. The number of carbonyl (C=O) groups is 1. The summed E-state index contributed by atoms with van der Waals surface area (Å²) in [7, 11) is 1.60. The Morgan fingerprint density at radius 2 is 2.06 bits per heavy atom. The third-order valence-corrected chi connectivity index (χ3v) is 6.08. The normalized spacial score (nSPS) is 13.4. The van der Waals surface area contributed by atoms with E-state index in [4.69, 9.17) is 4.74 Å². The van der Waals surface area contributed by atoms with Gasteiger partial charge in [0.25, 0.3) is 0 Å². The lowest BCUT2D eigenvalue weighted by Crippen LogP contribution is -2.13. The average Bonchev–Trinajstić information content (AvgIpc) is 3.02. The standard InChI is InChI=1S/C23H24BrFN4O2/c1-31-20-10-6-15(13-17(20)24)7-11-22(30)26-19-14-16(8-9-18(19)25)23-28-27-21-5-3-2-4-12-29(21)23/h6,8-10,13-14H,2-5,7,11-12H2,1H3,(H,26,30). The summed E-state index contributed by atoms with van der Waals surface area (Å²) in [5.74, 6) is 1.70. The molecule has 0 radical (unpaired) electrons. The van der Waals surface area contributed by atoms with Gasteiger partial charge in [0.05, 0.1) is 17.3 Å². The summed E-state index contributed by atoms with van der Waals surface area (Å²) >= 11 is 3.45. The summed E-state index contributed by atoms with van der Waals surface area (Å²) in [4.78, 5) is 12.5. The lowest BCUT2D eigenvalue weighted by Gasteiger charge is -2.11. The number of halogens is 2. The first-order valence-corrected chi connectivity index (χ1v) is 11.2. The minimum atomic E-state index is -0.472. The average molecular weight is 487 g/mol. The summed E-state index contributed by atoms with van der Waals surface area (Å²) in [5.41, 5.74) is 1.89. The highest BCUT2D eigenvalue weighted by Crippen LogP contribution is 2.28. The molecule has 2 aromatic carbocycles. The number of methoxy groups -OCH3 is 1. The van der Waals surface area contributed by atoms with Gasteiger partial charge in [-0.1, -0.05) is 12.5 Å². The molecule has 1 aliphatic heterocycles. The van der Waals surface area contributed by atoms with Crippen LogP contribution in [0.2, 0.25) is 0 Å². The number of hydrogen-bond donors (Lipinski definition) is 1. The van der Waals surface area contributed by atoms with Crippen LogP contribution >= 0.6 is 15.9 Å². The molecule has 1 N–H and O–H groups in total. The molecule has 6 nitrogen and oxygen atoms in total. The largest absolute Gasteiger partial charge is 0.496 e. The lowest BCUT2D eigenvalue weighted by molar-refractivity contribution is -0.116. The molecule has 2 heterocycles. The first-order valence-electron chi connectivity index (χ1n) is 10.4. The van der Waals surface area contributed by atoms with Crippen LogP contribution in [0.25, 0.3) is 11.4 Å². The summed E-state index contributed by atoms with van der Waals surface area (Å²) in [6.07, 6.45) is 5.02. The number of nitrogens with one attached hydrogen (secondary N) is 1. The van der Waals surface area contributed by atoms with Crippen LogP contribution in [0.5, 0.6) is 5.75 Å². The zero-order chi connectivity index (χ0) is 21.8. The molecular formula is C23H24BrFN4O2. The number of ether oxygens (including phenoxy) is 1. The molecule has 1 aromatic heterocycles. The third-order valence-electron chi connectivity index (χ3n) is 5.47. The fourth-order valence-corrected chi connectivity index (χ4v) is 4.38. The smallest absolute Gasteiger partial charge is 0.224 e. The molecule has 0 atom stereocenters. The predicted octanol–water partition coefficient (Wildman–Crippen LogP) is 5.15. The van der Waals surface area contributed by atoms with Crippen molar-refractivity contribution in [3.63, 3.8) is 0 Å². The highest BCUT2D eigenvalue weighted by molar-refractivity contribution is 9.10. The molecule has 0 aliphatic carbocycles. The molecule has 8 heteroatoms. The first-order chi connectivity index (χ1) is 15.0. The van der Waals surface area contributed by atoms with Crippen LogP contribution < -0.4 is 10.1 Å². The molecule has 4 rings (SSSR count). The molecule has 0 unspecified atom stereocenters. The van der Waals surface area contributed by atoms with E-state index in [1.807, 2.05) is 18.2 Å². The van der Waals surface area contributed by atoms with Crippen LogP contribution in [-0.2, 0) is 24.2 Å². The van der Waals surface area contributed by atoms with Gasteiger partial charge in [0.2, 0.25) is 5.91 Å². The molecule has 0 fully saturated rings. The predicted molar refractivity (Wildman–Crippen MR) is 121 cm³/mol. The van der Waals surface area contributed by atoms with Crippen molar-refractivity contribution in [1.29, 1.82) is 0 Å². The second-order valence-corrected chi connectivity index (χ2v) is 8.47. The number of amides is 1. The van der Waals surface area contributed by atoms with Crippen molar-refractivity contribution in [3.05, 3.63) is 58.1 Å². The van der Waals surface area contributed by atoms with Crippen molar-refractivity contribution in [3.8, 4) is 17.1 Å². The van der Waals surface area contributed by atoms with Gasteiger partial charge in [0.1, 0.15) is 17.4 Å². The van der Waals surface area contributed by atoms with Crippen molar-refractivity contribution >= 4 is 27.5 Å². The second kappa shape index (κ2) is 9.60. The van der Waals surface area contributed by atoms with E-state index in [1.165, 1.54) is 6.07 Å². The minimum Gasteiger partial charge on any atom is -0.496 e. The van der Waals surface area contributed by atoms with Crippen LogP contribution in [0.1, 0.15) is 37.1 Å². The van der Waals surface area contributed by atoms with Gasteiger partial charge in [-0.2, -0.15) is 0 Å². The van der Waals surface area contributed by atoms with Crippen LogP contribution in [-0.4, -0.2) is 27.8 Å². The van der Waals surface area contributed by atoms with Gasteiger partial charge in [-0.05, 0) is 71.1 Å². The van der Waals surface area contributed by atoms with E-state index in [-0.39, 0.29) is 18.0 Å². The fourth-order valence-electron chi connectivity index (χ4n) is 3.79. The molecular weight excluding hydrogens is 463 g/mol. The van der Waals surface area contributed by atoms with E-state index in [9.17, 15) is 9.18 Å². The molecule has 1 aliphatic rings. The number of aromatic nitrogens is 3. The van der Waals surface area contributed by atoms with Gasteiger partial charge in [0, 0.05) is 24.9 Å². The Bertz CT molecular complexity index is 1100. The molecule has 1 amide bonds. The Balaban J connectivity index is 1.46. The molecule has 3 aromatic rings. The number of fused-ring (bicyclic) bond motifs is 1. The molecule has 162 valence electrons. The molecule has 0 spiro atoms. The zero-order valence-corrected chi connectivity index (χ0v) is 18.9. The van der Waals surface area contributed by atoms with E-state index >= 15 is 0 Å². The third kappa shape index (κ3) is 4.95. The zero-order valence-electron chi connectivity index (χ0n) is 17.3. The summed E-state index contributed by atoms with van der Waals surface area (Å²) in [6, 6.07) is 10.4. The van der Waals surface area contributed by atoms with Crippen molar-refractivity contribution in [1.82, 2.24) is 14.8 Å². The monoisotopic (exact) mass is 486 g/mol. The van der Waals surface area contributed by atoms with Crippen molar-refractivity contribution in [2.75, 3.05) is 12.4 Å². The van der Waals surface area contributed by atoms with Gasteiger partial charge in [-0.15, -0.1) is 10.2 Å². The highest BCUT2D eigenvalue weighted by atomic mass is 79.9. The Labute approximate surface area is 189 Å². The van der Waals surface area contributed by atoms with Crippen LogP contribution in [0.4, 0.5) is 10.1 Å². The van der Waals surface area contributed by atoms with Crippen molar-refractivity contribution in [2.24, 2.45) is 0 Å². The Hall–Kier alpha value is -2.74. The lowest BCUT2D eigenvalue weighted by atomic mass is 10.1. The number of hydrogen-bond acceptors (Lipinski definition) is 4.